The van der Waals surface area contributed by atoms with E-state index in [1.54, 1.807) is 30.5 Å². The molecule has 5 rings (SSSR count). The van der Waals surface area contributed by atoms with Gasteiger partial charge in [0, 0.05) is 20.6 Å². The van der Waals surface area contributed by atoms with Crippen LogP contribution in [0.15, 0.2) is 81.1 Å². The molecule has 0 fully saturated rings. The maximum atomic E-state index is 13.9. The van der Waals surface area contributed by atoms with Crippen LogP contribution in [0.4, 0.5) is 0 Å². The van der Waals surface area contributed by atoms with E-state index in [1.807, 2.05) is 56.3 Å². The first kappa shape index (κ1) is 32.5. The predicted molar refractivity (Wildman–Crippen MR) is 186 cm³/mol. The SMILES string of the molecule is CCOc1cc(C)c(-c2nc3ccccc3c(=O)n2N=Cc2cc(OC)c(OCc3ccc(Cl)cc3)c(Cl)c2Br)cc1C(C)C. The number of halogens is 3. The number of fused-ring (bicyclic) bond motifs is 1. The summed E-state index contributed by atoms with van der Waals surface area (Å²) in [7, 11) is 1.53. The first-order valence-electron chi connectivity index (χ1n) is 14.4. The number of hydrogen-bond donors (Lipinski definition) is 0. The lowest BCUT2D eigenvalue weighted by Crippen LogP contribution is -2.21. The third kappa shape index (κ3) is 6.88. The van der Waals surface area contributed by atoms with Crippen molar-refractivity contribution in [3.8, 4) is 28.6 Å². The summed E-state index contributed by atoms with van der Waals surface area (Å²) in [5, 5.41) is 6.07. The topological polar surface area (TPSA) is 74.9 Å². The van der Waals surface area contributed by atoms with Crippen LogP contribution in [0.3, 0.4) is 0 Å². The van der Waals surface area contributed by atoms with Crippen LogP contribution in [0, 0.1) is 6.92 Å². The number of aromatic nitrogens is 2. The Hall–Kier alpha value is -3.85. The Balaban J connectivity index is 1.62. The molecule has 0 aliphatic carbocycles. The third-order valence-corrected chi connectivity index (χ3v) is 8.95. The van der Waals surface area contributed by atoms with Crippen molar-refractivity contribution in [2.24, 2.45) is 5.10 Å². The van der Waals surface area contributed by atoms with E-state index >= 15 is 0 Å². The molecule has 0 N–H and O–H groups in total. The third-order valence-electron chi connectivity index (χ3n) is 7.26. The van der Waals surface area contributed by atoms with E-state index in [2.05, 4.69) is 34.9 Å². The molecule has 0 saturated heterocycles. The number of benzene rings is 4. The summed E-state index contributed by atoms with van der Waals surface area (Å²) in [5.74, 6) is 2.19. The summed E-state index contributed by atoms with van der Waals surface area (Å²) >= 11 is 16.4. The van der Waals surface area contributed by atoms with Gasteiger partial charge in [-0.1, -0.05) is 61.3 Å². The molecule has 5 aromatic rings. The second-order valence-electron chi connectivity index (χ2n) is 10.6. The minimum atomic E-state index is -0.302. The van der Waals surface area contributed by atoms with E-state index in [0.29, 0.717) is 54.9 Å². The normalized spacial score (nSPS) is 11.5. The lowest BCUT2D eigenvalue weighted by molar-refractivity contribution is 0.284. The summed E-state index contributed by atoms with van der Waals surface area (Å²) in [5.41, 5.74) is 4.47. The Morgan fingerprint density at radius 2 is 1.76 bits per heavy atom. The molecule has 0 aliphatic rings. The van der Waals surface area contributed by atoms with Crippen LogP contribution in [-0.2, 0) is 6.61 Å². The van der Waals surface area contributed by atoms with E-state index in [9.17, 15) is 4.79 Å². The van der Waals surface area contributed by atoms with Crippen molar-refractivity contribution in [2.45, 2.75) is 40.2 Å². The van der Waals surface area contributed by atoms with Gasteiger partial charge in [0.15, 0.2) is 17.3 Å². The smallest absolute Gasteiger partial charge is 0.282 e. The zero-order valence-corrected chi connectivity index (χ0v) is 28.6. The molecule has 0 amide bonds. The number of nitrogens with zero attached hydrogens (tertiary/aromatic N) is 3. The van der Waals surface area contributed by atoms with E-state index in [4.69, 9.17) is 42.4 Å². The lowest BCUT2D eigenvalue weighted by atomic mass is 9.96. The van der Waals surface area contributed by atoms with E-state index in [0.717, 1.165) is 28.0 Å². The highest BCUT2D eigenvalue weighted by Crippen LogP contribution is 2.42. The van der Waals surface area contributed by atoms with Crippen LogP contribution in [0.1, 0.15) is 48.9 Å². The van der Waals surface area contributed by atoms with E-state index in [-0.39, 0.29) is 18.1 Å². The number of para-hydroxylation sites is 1. The summed E-state index contributed by atoms with van der Waals surface area (Å²) in [6.07, 6.45) is 1.55. The number of methoxy groups -OCH3 is 1. The maximum Gasteiger partial charge on any atom is 0.282 e. The Morgan fingerprint density at radius 1 is 1.02 bits per heavy atom. The molecule has 4 aromatic carbocycles. The predicted octanol–water partition coefficient (Wildman–Crippen LogP) is 9.43. The Bertz CT molecular complexity index is 1960. The zero-order valence-electron chi connectivity index (χ0n) is 25.5. The molecule has 0 spiro atoms. The fourth-order valence-electron chi connectivity index (χ4n) is 4.92. The second kappa shape index (κ2) is 14.1. The van der Waals surface area contributed by atoms with Crippen molar-refractivity contribution in [1.29, 1.82) is 0 Å². The highest BCUT2D eigenvalue weighted by Gasteiger charge is 2.20. The quantitative estimate of drug-likeness (QED) is 0.135. The van der Waals surface area contributed by atoms with E-state index in [1.165, 1.54) is 11.8 Å². The average molecular weight is 709 g/mol. The Kier molecular flexibility index (Phi) is 10.2. The first-order chi connectivity index (χ1) is 21.6. The minimum absolute atomic E-state index is 0.181. The standard InChI is InChI=1S/C35H32BrCl2N3O4/c1-6-44-29-15-21(4)27(17-26(29)20(2)3)34-40-28-10-8-7-9-25(28)35(42)41(34)39-18-23-16-30(43-5)33(32(38)31(23)36)45-19-22-11-13-24(37)14-12-22/h7-18,20H,6,19H2,1-5H3. The molecule has 0 radical (unpaired) electrons. The molecule has 0 atom stereocenters. The highest BCUT2D eigenvalue weighted by atomic mass is 79.9. The van der Waals surface area contributed by atoms with Gasteiger partial charge in [0.1, 0.15) is 17.4 Å². The van der Waals surface area contributed by atoms with Crippen molar-refractivity contribution in [2.75, 3.05) is 13.7 Å². The minimum Gasteiger partial charge on any atom is -0.494 e. The van der Waals surface area contributed by atoms with Gasteiger partial charge in [0.25, 0.3) is 5.56 Å². The number of rotatable bonds is 10. The van der Waals surface area contributed by atoms with E-state index < -0.39 is 0 Å². The van der Waals surface area contributed by atoms with Crippen LogP contribution in [0.2, 0.25) is 10.0 Å². The molecule has 0 saturated carbocycles. The summed E-state index contributed by atoms with van der Waals surface area (Å²) in [6, 6.07) is 20.4. The fourth-order valence-corrected chi connectivity index (χ4v) is 5.70. The number of ether oxygens (including phenoxy) is 3. The molecule has 45 heavy (non-hydrogen) atoms. The second-order valence-corrected chi connectivity index (χ2v) is 12.3. The van der Waals surface area contributed by atoms with Crippen LogP contribution >= 0.6 is 39.1 Å². The molecule has 10 heteroatoms. The molecular formula is C35H32BrCl2N3O4. The van der Waals surface area contributed by atoms with Gasteiger partial charge in [-0.3, -0.25) is 4.79 Å². The van der Waals surface area contributed by atoms with Crippen molar-refractivity contribution in [1.82, 2.24) is 9.66 Å². The largest absolute Gasteiger partial charge is 0.494 e. The lowest BCUT2D eigenvalue weighted by Gasteiger charge is -2.18. The molecule has 1 aromatic heterocycles. The zero-order chi connectivity index (χ0) is 32.2. The molecule has 0 unspecified atom stereocenters. The van der Waals surface area contributed by atoms with Gasteiger partial charge in [-0.15, -0.1) is 0 Å². The van der Waals surface area contributed by atoms with Crippen LogP contribution < -0.4 is 19.8 Å². The molecule has 232 valence electrons. The fraction of sp³-hybridized carbons (Fsp3) is 0.229. The van der Waals surface area contributed by atoms with Crippen molar-refractivity contribution in [3.63, 3.8) is 0 Å². The Morgan fingerprint density at radius 3 is 2.44 bits per heavy atom. The van der Waals surface area contributed by atoms with Gasteiger partial charge in [-0.2, -0.15) is 9.78 Å². The van der Waals surface area contributed by atoms with Crippen LogP contribution in [0.25, 0.3) is 22.3 Å². The van der Waals surface area contributed by atoms with Gasteiger partial charge in [-0.05, 0) is 94.9 Å². The van der Waals surface area contributed by atoms with Gasteiger partial charge in [0.2, 0.25) is 0 Å². The molecule has 0 bridgehead atoms. The highest BCUT2D eigenvalue weighted by molar-refractivity contribution is 9.10. The first-order valence-corrected chi connectivity index (χ1v) is 15.9. The summed E-state index contributed by atoms with van der Waals surface area (Å²) in [6.45, 7) is 8.95. The van der Waals surface area contributed by atoms with Crippen LogP contribution in [-0.4, -0.2) is 29.6 Å². The van der Waals surface area contributed by atoms with Gasteiger partial charge < -0.3 is 14.2 Å². The van der Waals surface area contributed by atoms with Gasteiger partial charge >= 0.3 is 0 Å². The summed E-state index contributed by atoms with van der Waals surface area (Å²) in [4.78, 5) is 18.8. The van der Waals surface area contributed by atoms with Gasteiger partial charge in [-0.25, -0.2) is 4.98 Å². The molecular weight excluding hydrogens is 677 g/mol. The van der Waals surface area contributed by atoms with Crippen molar-refractivity contribution in [3.05, 3.63) is 114 Å². The molecule has 7 nitrogen and oxygen atoms in total. The molecule has 1 heterocycles. The van der Waals surface area contributed by atoms with Crippen molar-refractivity contribution >= 4 is 56.2 Å². The van der Waals surface area contributed by atoms with Crippen molar-refractivity contribution < 1.29 is 14.2 Å². The number of aryl methyl sites for hydroxylation is 1. The maximum absolute atomic E-state index is 13.9. The molecule has 0 aliphatic heterocycles. The van der Waals surface area contributed by atoms with Gasteiger partial charge in [0.05, 0.1) is 30.8 Å². The summed E-state index contributed by atoms with van der Waals surface area (Å²) < 4.78 is 19.5. The van der Waals surface area contributed by atoms with Crippen LogP contribution in [0.5, 0.6) is 17.2 Å². The average Bonchev–Trinajstić information content (AvgIpc) is 3.02. The monoisotopic (exact) mass is 707 g/mol. The Labute approximate surface area is 280 Å². The number of hydrogen-bond acceptors (Lipinski definition) is 6.